The largest absolute Gasteiger partial charge is 0.465 e. The number of thiophene rings is 1. The van der Waals surface area contributed by atoms with Gasteiger partial charge in [0.1, 0.15) is 10.8 Å². The number of piperidine rings is 1. The van der Waals surface area contributed by atoms with E-state index in [0.29, 0.717) is 23.5 Å². The third-order valence-corrected chi connectivity index (χ3v) is 5.90. The number of methoxy groups -OCH3 is 1. The van der Waals surface area contributed by atoms with E-state index in [-0.39, 0.29) is 22.0 Å². The summed E-state index contributed by atoms with van der Waals surface area (Å²) in [5, 5.41) is 2.92. The molecule has 2 amide bonds. The molecule has 2 aromatic rings. The Kier molecular flexibility index (Phi) is 6.08. The molecule has 1 aliphatic heterocycles. The minimum atomic E-state index is -0.624. The van der Waals surface area contributed by atoms with Crippen molar-refractivity contribution >= 4 is 34.1 Å². The number of carbonyl (C=O) groups is 3. The molecule has 6 nitrogen and oxygen atoms in total. The molecule has 1 aliphatic rings. The van der Waals surface area contributed by atoms with Crippen LogP contribution in [0.2, 0.25) is 0 Å². The number of rotatable bonds is 4. The zero-order chi connectivity index (χ0) is 20.3. The van der Waals surface area contributed by atoms with Crippen LogP contribution in [0.1, 0.15) is 55.2 Å². The van der Waals surface area contributed by atoms with Crippen LogP contribution in [0.15, 0.2) is 24.3 Å². The Labute approximate surface area is 166 Å². The molecule has 3 rings (SSSR count). The maximum absolute atomic E-state index is 13.1. The summed E-state index contributed by atoms with van der Waals surface area (Å²) in [4.78, 5) is 39.9. The van der Waals surface area contributed by atoms with Crippen molar-refractivity contribution in [3.05, 3.63) is 51.7 Å². The number of likely N-dealkylation sites (tertiary alicyclic amines) is 1. The maximum atomic E-state index is 13.1. The van der Waals surface area contributed by atoms with Crippen LogP contribution < -0.4 is 5.32 Å². The summed E-state index contributed by atoms with van der Waals surface area (Å²) in [6, 6.07) is 5.06. The van der Waals surface area contributed by atoms with Gasteiger partial charge < -0.3 is 15.0 Å². The highest BCUT2D eigenvalue weighted by Crippen LogP contribution is 2.35. The fourth-order valence-corrected chi connectivity index (χ4v) is 4.33. The Hall–Kier alpha value is -2.74. The first-order valence-corrected chi connectivity index (χ1v) is 9.82. The number of anilines is 1. The Morgan fingerprint density at radius 3 is 2.36 bits per heavy atom. The van der Waals surface area contributed by atoms with Crippen molar-refractivity contribution in [3.63, 3.8) is 0 Å². The summed E-state index contributed by atoms with van der Waals surface area (Å²) >= 11 is 1.06. The van der Waals surface area contributed by atoms with Gasteiger partial charge in [-0.2, -0.15) is 0 Å². The van der Waals surface area contributed by atoms with Gasteiger partial charge >= 0.3 is 5.97 Å². The molecule has 1 fully saturated rings. The summed E-state index contributed by atoms with van der Waals surface area (Å²) in [6.45, 7) is 3.04. The fraction of sp³-hybridized carbons (Fsp3) is 0.350. The van der Waals surface area contributed by atoms with Crippen molar-refractivity contribution in [2.45, 2.75) is 26.2 Å². The van der Waals surface area contributed by atoms with Crippen LogP contribution in [0.3, 0.4) is 0 Å². The molecular weight excluding hydrogens is 383 g/mol. The third-order valence-electron chi connectivity index (χ3n) is 4.71. The van der Waals surface area contributed by atoms with Gasteiger partial charge in [0.2, 0.25) is 0 Å². The minimum absolute atomic E-state index is 0.144. The molecule has 0 atom stereocenters. The predicted molar refractivity (Wildman–Crippen MR) is 105 cm³/mol. The zero-order valence-electron chi connectivity index (χ0n) is 15.7. The van der Waals surface area contributed by atoms with Crippen LogP contribution in [0.4, 0.5) is 9.39 Å². The summed E-state index contributed by atoms with van der Waals surface area (Å²) in [5.41, 5.74) is 0.900. The Morgan fingerprint density at radius 2 is 1.75 bits per heavy atom. The van der Waals surface area contributed by atoms with E-state index in [1.807, 2.05) is 0 Å². The normalized spacial score (nSPS) is 13.9. The van der Waals surface area contributed by atoms with Gasteiger partial charge in [0.25, 0.3) is 11.8 Å². The molecule has 1 aromatic carbocycles. The third kappa shape index (κ3) is 4.06. The number of hydrogen-bond acceptors (Lipinski definition) is 5. The van der Waals surface area contributed by atoms with Crippen LogP contribution in [0, 0.1) is 12.7 Å². The van der Waals surface area contributed by atoms with Crippen molar-refractivity contribution in [3.8, 4) is 0 Å². The summed E-state index contributed by atoms with van der Waals surface area (Å²) in [6.07, 6.45) is 3.00. The Morgan fingerprint density at radius 1 is 1.11 bits per heavy atom. The lowest BCUT2D eigenvalue weighted by atomic mass is 10.1. The highest BCUT2D eigenvalue weighted by molar-refractivity contribution is 7.18. The molecule has 0 saturated carbocycles. The van der Waals surface area contributed by atoms with E-state index < -0.39 is 17.7 Å². The molecule has 148 valence electrons. The van der Waals surface area contributed by atoms with Gasteiger partial charge in [-0.05, 0) is 56.0 Å². The van der Waals surface area contributed by atoms with Crippen LogP contribution in [0.5, 0.6) is 0 Å². The molecule has 0 spiro atoms. The first-order valence-electron chi connectivity index (χ1n) is 9.00. The molecule has 8 heteroatoms. The molecule has 1 saturated heterocycles. The van der Waals surface area contributed by atoms with Crippen molar-refractivity contribution in [1.82, 2.24) is 4.90 Å². The second-order valence-electron chi connectivity index (χ2n) is 6.57. The van der Waals surface area contributed by atoms with Crippen molar-refractivity contribution in [1.29, 1.82) is 0 Å². The van der Waals surface area contributed by atoms with E-state index in [4.69, 9.17) is 4.74 Å². The van der Waals surface area contributed by atoms with Gasteiger partial charge in [0, 0.05) is 18.7 Å². The van der Waals surface area contributed by atoms with Crippen LogP contribution in [-0.2, 0) is 4.74 Å². The topological polar surface area (TPSA) is 75.7 Å². The lowest BCUT2D eigenvalue weighted by Gasteiger charge is -2.26. The predicted octanol–water partition coefficient (Wildman–Crippen LogP) is 3.86. The first kappa shape index (κ1) is 20.0. The van der Waals surface area contributed by atoms with Crippen molar-refractivity contribution in [2.75, 3.05) is 25.5 Å². The number of ether oxygens (including phenoxy) is 1. The molecule has 1 aromatic heterocycles. The van der Waals surface area contributed by atoms with E-state index in [9.17, 15) is 18.8 Å². The summed E-state index contributed by atoms with van der Waals surface area (Å²) in [5.74, 6) is -1.72. The average Bonchev–Trinajstić information content (AvgIpc) is 3.03. The van der Waals surface area contributed by atoms with Gasteiger partial charge in [-0.15, -0.1) is 11.3 Å². The first-order chi connectivity index (χ1) is 13.4. The van der Waals surface area contributed by atoms with Crippen molar-refractivity contribution in [2.24, 2.45) is 0 Å². The molecule has 0 unspecified atom stereocenters. The van der Waals surface area contributed by atoms with E-state index in [0.717, 1.165) is 30.6 Å². The van der Waals surface area contributed by atoms with Gasteiger partial charge in [-0.25, -0.2) is 9.18 Å². The number of halogens is 1. The lowest BCUT2D eigenvalue weighted by molar-refractivity contribution is 0.0601. The fourth-order valence-electron chi connectivity index (χ4n) is 3.17. The highest BCUT2D eigenvalue weighted by Gasteiger charge is 2.29. The van der Waals surface area contributed by atoms with Gasteiger partial charge in [0.05, 0.1) is 17.6 Å². The lowest BCUT2D eigenvalue weighted by Crippen LogP contribution is -2.35. The minimum Gasteiger partial charge on any atom is -0.465 e. The quantitative estimate of drug-likeness (QED) is 0.785. The molecule has 0 aliphatic carbocycles. The molecule has 0 radical (unpaired) electrons. The van der Waals surface area contributed by atoms with E-state index in [1.165, 1.54) is 31.4 Å². The molecule has 28 heavy (non-hydrogen) atoms. The number of amides is 2. The van der Waals surface area contributed by atoms with Gasteiger partial charge in [-0.1, -0.05) is 0 Å². The zero-order valence-corrected chi connectivity index (χ0v) is 16.5. The maximum Gasteiger partial charge on any atom is 0.341 e. The molecular formula is C20H21FN2O4S. The number of carbonyl (C=O) groups excluding carboxylic acids is 3. The second kappa shape index (κ2) is 8.52. The van der Waals surface area contributed by atoms with E-state index >= 15 is 0 Å². The van der Waals surface area contributed by atoms with Crippen molar-refractivity contribution < 1.29 is 23.5 Å². The Bertz CT molecular complexity index is 902. The van der Waals surface area contributed by atoms with Gasteiger partial charge in [-0.3, -0.25) is 9.59 Å². The van der Waals surface area contributed by atoms with E-state index in [1.54, 1.807) is 11.8 Å². The highest BCUT2D eigenvalue weighted by atomic mass is 32.1. The summed E-state index contributed by atoms with van der Waals surface area (Å²) < 4.78 is 17.9. The number of nitrogens with zero attached hydrogens (tertiary/aromatic N) is 1. The Balaban J connectivity index is 1.92. The second-order valence-corrected chi connectivity index (χ2v) is 7.59. The molecule has 1 N–H and O–H groups in total. The smallest absolute Gasteiger partial charge is 0.341 e. The molecule has 2 heterocycles. The van der Waals surface area contributed by atoms with Crippen LogP contribution in [0.25, 0.3) is 0 Å². The van der Waals surface area contributed by atoms with Gasteiger partial charge in [0.15, 0.2) is 0 Å². The standard InChI is InChI=1S/C20H21FN2O4S/c1-12-15(20(26)27-2)18(22-17(24)13-6-8-14(21)9-7-13)28-16(12)19(25)23-10-4-3-5-11-23/h6-9H,3-5,10-11H2,1-2H3,(H,22,24). The summed E-state index contributed by atoms with van der Waals surface area (Å²) in [7, 11) is 1.25. The SMILES string of the molecule is COC(=O)c1c(NC(=O)c2ccc(F)cc2)sc(C(=O)N2CCCCC2)c1C. The number of nitrogens with one attached hydrogen (secondary N) is 1. The van der Waals surface area contributed by atoms with Crippen LogP contribution in [-0.4, -0.2) is 42.9 Å². The molecule has 0 bridgehead atoms. The number of hydrogen-bond donors (Lipinski definition) is 1. The van der Waals surface area contributed by atoms with E-state index in [2.05, 4.69) is 5.32 Å². The number of esters is 1. The average molecular weight is 404 g/mol. The monoisotopic (exact) mass is 404 g/mol. The number of benzene rings is 1. The van der Waals surface area contributed by atoms with Crippen LogP contribution >= 0.6 is 11.3 Å².